The van der Waals surface area contributed by atoms with E-state index >= 15 is 0 Å². The van der Waals surface area contributed by atoms with Gasteiger partial charge in [-0.1, -0.05) is 77.4 Å². The minimum Gasteiger partial charge on any atom is -0.548 e. The van der Waals surface area contributed by atoms with Crippen LogP contribution in [0.5, 0.6) is 0 Å². The average molecular weight is 544 g/mol. The number of aliphatic carboxylic acids is 1. The first-order valence-electron chi connectivity index (χ1n) is 9.78. The fraction of sp³-hybridized carbons (Fsp3) is 0.125. The van der Waals surface area contributed by atoms with Gasteiger partial charge in [-0.25, -0.2) is 0 Å². The summed E-state index contributed by atoms with van der Waals surface area (Å²) in [7, 11) is 0. The largest absolute Gasteiger partial charge is 1.00 e. The summed E-state index contributed by atoms with van der Waals surface area (Å²) < 4.78 is 0. The Balaban J connectivity index is 0.00000408. The summed E-state index contributed by atoms with van der Waals surface area (Å²) in [5.74, 6) is -1.75. The summed E-state index contributed by atoms with van der Waals surface area (Å²) in [5.41, 5.74) is 2.78. The van der Waals surface area contributed by atoms with Crippen molar-refractivity contribution in [1.82, 2.24) is 5.32 Å². The van der Waals surface area contributed by atoms with Crippen LogP contribution in [-0.2, 0) is 11.2 Å². The van der Waals surface area contributed by atoms with Crippen molar-refractivity contribution < 1.29 is 44.3 Å². The van der Waals surface area contributed by atoms with Gasteiger partial charge in [-0.3, -0.25) is 4.79 Å². The molecule has 0 saturated carbocycles. The predicted octanol–water partition coefficient (Wildman–Crippen LogP) is 1.84. The van der Waals surface area contributed by atoms with Crippen molar-refractivity contribution in [3.05, 3.63) is 98.0 Å². The zero-order valence-electron chi connectivity index (χ0n) is 18.3. The van der Waals surface area contributed by atoms with E-state index in [0.717, 1.165) is 5.56 Å². The molecule has 0 spiro atoms. The molecule has 2 N–H and O–H groups in total. The van der Waals surface area contributed by atoms with Crippen molar-refractivity contribution in [2.45, 2.75) is 19.4 Å². The van der Waals surface area contributed by atoms with E-state index in [1.165, 1.54) is 0 Å². The van der Waals surface area contributed by atoms with E-state index in [1.807, 2.05) is 13.0 Å². The van der Waals surface area contributed by atoms with Crippen molar-refractivity contribution in [3.63, 3.8) is 0 Å². The zero-order valence-corrected chi connectivity index (χ0v) is 23.4. The van der Waals surface area contributed by atoms with Gasteiger partial charge in [0.2, 0.25) is 0 Å². The molecule has 0 fully saturated rings. The molecule has 0 aliphatic rings. The standard InChI is InChI=1S/C24H19Cl3N2O3S.Na/c1-13-4-2-5-16(25)20(13)23(33)29-19(24(31)32)12-14-8-10-15(11-9-14)28-22(30)21-17(26)6-3-7-18(21)27;/h2-11,19H,12H2,1H3,(H,28,30)(H,29,33)(H,31,32);/q;+1/p-1/t19-;/m0./s1. The van der Waals surface area contributed by atoms with Crippen LogP contribution in [0.3, 0.4) is 0 Å². The van der Waals surface area contributed by atoms with Crippen LogP contribution in [0.2, 0.25) is 15.1 Å². The second-order valence-electron chi connectivity index (χ2n) is 7.23. The van der Waals surface area contributed by atoms with E-state index in [-0.39, 0.29) is 56.6 Å². The molecule has 3 aromatic rings. The van der Waals surface area contributed by atoms with Crippen LogP contribution in [0.4, 0.5) is 5.69 Å². The number of hydrogen-bond acceptors (Lipinski definition) is 4. The third-order valence-corrected chi connectivity index (χ3v) is 6.15. The Morgan fingerprint density at radius 1 is 0.912 bits per heavy atom. The molecule has 0 heterocycles. The second kappa shape index (κ2) is 12.9. The molecule has 0 saturated heterocycles. The monoisotopic (exact) mass is 542 g/mol. The van der Waals surface area contributed by atoms with Gasteiger partial charge in [0.1, 0.15) is 4.99 Å². The quantitative estimate of drug-likeness (QED) is 0.351. The number of carbonyl (C=O) groups excluding carboxylic acids is 2. The van der Waals surface area contributed by atoms with Gasteiger partial charge in [0.05, 0.1) is 32.6 Å². The molecule has 3 aromatic carbocycles. The van der Waals surface area contributed by atoms with Gasteiger partial charge in [-0.2, -0.15) is 0 Å². The van der Waals surface area contributed by atoms with Crippen LogP contribution >= 0.6 is 47.0 Å². The Hall–Kier alpha value is -1.64. The molecule has 0 aliphatic carbocycles. The van der Waals surface area contributed by atoms with Gasteiger partial charge in [-0.15, -0.1) is 0 Å². The maximum Gasteiger partial charge on any atom is 1.00 e. The van der Waals surface area contributed by atoms with Crippen LogP contribution in [0.15, 0.2) is 60.7 Å². The number of aryl methyl sites for hydroxylation is 1. The number of carboxylic acid groups (broad SMARTS) is 1. The van der Waals surface area contributed by atoms with Crippen molar-refractivity contribution in [1.29, 1.82) is 0 Å². The van der Waals surface area contributed by atoms with E-state index in [1.54, 1.807) is 54.6 Å². The number of nitrogens with one attached hydrogen (secondary N) is 2. The summed E-state index contributed by atoms with van der Waals surface area (Å²) in [6.45, 7) is 1.84. The number of amides is 1. The first-order chi connectivity index (χ1) is 15.7. The molecule has 5 nitrogen and oxygen atoms in total. The number of hydrogen-bond donors (Lipinski definition) is 2. The normalized spacial score (nSPS) is 11.2. The Bertz CT molecular complexity index is 1180. The summed E-state index contributed by atoms with van der Waals surface area (Å²) in [4.78, 5) is 24.5. The molecule has 10 heteroatoms. The number of benzene rings is 3. The first kappa shape index (κ1) is 28.6. The molecular formula is C24H18Cl3N2NaO3S. The molecule has 1 atom stereocenters. The Labute approximate surface area is 240 Å². The number of anilines is 1. The van der Waals surface area contributed by atoms with Crippen LogP contribution in [0, 0.1) is 6.92 Å². The third-order valence-electron chi connectivity index (χ3n) is 4.88. The van der Waals surface area contributed by atoms with E-state index in [4.69, 9.17) is 47.0 Å². The SMILES string of the molecule is Cc1cccc(Cl)c1C(=S)N[C@@H](Cc1ccc(NC(=O)c2c(Cl)cccc2Cl)cc1)C(=O)[O-].[Na+]. The van der Waals surface area contributed by atoms with E-state index in [0.29, 0.717) is 21.8 Å². The Morgan fingerprint density at radius 3 is 1.97 bits per heavy atom. The third kappa shape index (κ3) is 7.18. The van der Waals surface area contributed by atoms with Crippen molar-refractivity contribution >= 4 is 69.6 Å². The molecule has 0 aliphatic heterocycles. The minimum absolute atomic E-state index is 0. The number of carboxylic acids is 1. The van der Waals surface area contributed by atoms with E-state index in [2.05, 4.69) is 10.6 Å². The number of rotatable bonds is 7. The topological polar surface area (TPSA) is 81.3 Å². The summed E-state index contributed by atoms with van der Waals surface area (Å²) in [6, 6.07) is 15.8. The van der Waals surface area contributed by atoms with Gasteiger partial charge in [0.25, 0.3) is 5.91 Å². The summed E-state index contributed by atoms with van der Waals surface area (Å²) in [6.07, 6.45) is 0.108. The van der Waals surface area contributed by atoms with Crippen LogP contribution in [0.25, 0.3) is 0 Å². The molecule has 3 rings (SSSR count). The van der Waals surface area contributed by atoms with Crippen molar-refractivity contribution in [3.8, 4) is 0 Å². The van der Waals surface area contributed by atoms with Crippen molar-refractivity contribution in [2.75, 3.05) is 5.32 Å². The van der Waals surface area contributed by atoms with Gasteiger partial charge in [0, 0.05) is 11.3 Å². The Morgan fingerprint density at radius 2 is 1.44 bits per heavy atom. The van der Waals surface area contributed by atoms with Crippen LogP contribution < -0.4 is 45.3 Å². The fourth-order valence-electron chi connectivity index (χ4n) is 3.21. The smallest absolute Gasteiger partial charge is 0.548 e. The van der Waals surface area contributed by atoms with Gasteiger partial charge in [0.15, 0.2) is 0 Å². The molecule has 34 heavy (non-hydrogen) atoms. The number of carbonyl (C=O) groups is 2. The van der Waals surface area contributed by atoms with Gasteiger partial charge >= 0.3 is 29.6 Å². The fourth-order valence-corrected chi connectivity index (χ4v) is 4.57. The predicted molar refractivity (Wildman–Crippen MR) is 134 cm³/mol. The molecule has 170 valence electrons. The zero-order chi connectivity index (χ0) is 24.1. The maximum atomic E-state index is 12.5. The van der Waals surface area contributed by atoms with Crippen LogP contribution in [0.1, 0.15) is 27.0 Å². The molecule has 0 bridgehead atoms. The molecular weight excluding hydrogens is 526 g/mol. The first-order valence-corrected chi connectivity index (χ1v) is 11.3. The van der Waals surface area contributed by atoms with Gasteiger partial charge < -0.3 is 20.5 Å². The molecule has 0 unspecified atom stereocenters. The molecule has 0 aromatic heterocycles. The second-order valence-corrected chi connectivity index (χ2v) is 8.86. The maximum absolute atomic E-state index is 12.5. The van der Waals surface area contributed by atoms with Gasteiger partial charge in [-0.05, 0) is 54.8 Å². The minimum atomic E-state index is -1.30. The summed E-state index contributed by atoms with van der Waals surface area (Å²) in [5, 5.41) is 18.2. The molecule has 1 amide bonds. The molecule has 0 radical (unpaired) electrons. The Kier molecular flexibility index (Phi) is 10.8. The summed E-state index contributed by atoms with van der Waals surface area (Å²) >= 11 is 23.8. The van der Waals surface area contributed by atoms with Crippen LogP contribution in [-0.4, -0.2) is 22.9 Å². The number of halogens is 3. The van der Waals surface area contributed by atoms with E-state index < -0.39 is 17.9 Å². The average Bonchev–Trinajstić information content (AvgIpc) is 2.74. The van der Waals surface area contributed by atoms with E-state index in [9.17, 15) is 14.7 Å². The number of thiocarbonyl (C=S) groups is 1. The van der Waals surface area contributed by atoms with Crippen molar-refractivity contribution in [2.24, 2.45) is 0 Å².